The number of ether oxygens (including phenoxy) is 2. The van der Waals surface area contributed by atoms with Crippen molar-refractivity contribution < 1.29 is 27.0 Å². The van der Waals surface area contributed by atoms with Gasteiger partial charge in [-0.2, -0.15) is 13.2 Å². The van der Waals surface area contributed by atoms with E-state index in [-0.39, 0.29) is 43.0 Å². The van der Waals surface area contributed by atoms with E-state index in [0.29, 0.717) is 30.2 Å². The van der Waals surface area contributed by atoms with E-state index >= 15 is 0 Å². The molecule has 2 rings (SSSR count). The average molecular weight is 555 g/mol. The van der Waals surface area contributed by atoms with Crippen LogP contribution in [0.25, 0.3) is 0 Å². The van der Waals surface area contributed by atoms with Crippen LogP contribution in [0.1, 0.15) is 22.3 Å². The van der Waals surface area contributed by atoms with Gasteiger partial charge in [-0.25, -0.2) is 4.39 Å². The highest BCUT2D eigenvalue weighted by atomic mass is 127. The zero-order valence-electron chi connectivity index (χ0n) is 17.3. The van der Waals surface area contributed by atoms with E-state index in [1.54, 1.807) is 31.3 Å². The molecule has 0 aromatic heterocycles. The highest BCUT2D eigenvalue weighted by Crippen LogP contribution is 2.16. The molecule has 2 aromatic carbocycles. The summed E-state index contributed by atoms with van der Waals surface area (Å²) in [6.45, 7) is -0.240. The zero-order chi connectivity index (χ0) is 22.0. The second-order valence-electron chi connectivity index (χ2n) is 6.56. The first-order chi connectivity index (χ1) is 14.3. The van der Waals surface area contributed by atoms with Gasteiger partial charge in [0.2, 0.25) is 0 Å². The smallest absolute Gasteiger partial charge is 0.380 e. The fourth-order valence-corrected chi connectivity index (χ4v) is 2.63. The van der Waals surface area contributed by atoms with Gasteiger partial charge in [-0.05, 0) is 28.8 Å². The number of aliphatic imine (C=N–C) groups is 1. The van der Waals surface area contributed by atoms with Crippen LogP contribution in [-0.4, -0.2) is 32.9 Å². The van der Waals surface area contributed by atoms with Gasteiger partial charge in [0.15, 0.2) is 5.96 Å². The number of nitrogens with one attached hydrogen (secondary N) is 2. The van der Waals surface area contributed by atoms with E-state index in [9.17, 15) is 17.6 Å². The Labute approximate surface area is 196 Å². The standard InChI is InChI=1S/C21H25F4N3O2.HI/c1-26-20(28-11-17-7-8-19(22)18(9-17)13-29-2)27-10-15-3-5-16(6-4-15)12-30-14-21(23,24)25;/h3-9H,10-14H2,1-2H3,(H2,26,27,28);1H. The van der Waals surface area contributed by atoms with Crippen molar-refractivity contribution in [2.75, 3.05) is 20.8 Å². The summed E-state index contributed by atoms with van der Waals surface area (Å²) < 4.78 is 59.6. The summed E-state index contributed by atoms with van der Waals surface area (Å²) in [5.74, 6) is 0.251. The second kappa shape index (κ2) is 13.5. The molecular formula is C21H26F4IN3O2. The quantitative estimate of drug-likeness (QED) is 0.207. The minimum Gasteiger partial charge on any atom is -0.380 e. The summed E-state index contributed by atoms with van der Waals surface area (Å²) in [6, 6.07) is 11.9. The lowest BCUT2D eigenvalue weighted by molar-refractivity contribution is -0.176. The molecule has 0 saturated heterocycles. The maximum Gasteiger partial charge on any atom is 0.411 e. The Morgan fingerprint density at radius 2 is 1.52 bits per heavy atom. The third-order valence-electron chi connectivity index (χ3n) is 4.11. The third-order valence-corrected chi connectivity index (χ3v) is 4.11. The molecule has 0 spiro atoms. The molecule has 0 heterocycles. The lowest BCUT2D eigenvalue weighted by Gasteiger charge is -2.13. The Balaban J connectivity index is 0.00000480. The minimum absolute atomic E-state index is 0. The first-order valence-electron chi connectivity index (χ1n) is 9.24. The van der Waals surface area contributed by atoms with Crippen LogP contribution in [0.15, 0.2) is 47.5 Å². The number of benzene rings is 2. The van der Waals surface area contributed by atoms with Gasteiger partial charge in [-0.15, -0.1) is 24.0 Å². The van der Waals surface area contributed by atoms with Crippen LogP contribution in [0.4, 0.5) is 17.6 Å². The molecular weight excluding hydrogens is 529 g/mol. The van der Waals surface area contributed by atoms with Crippen LogP contribution >= 0.6 is 24.0 Å². The molecule has 0 bridgehead atoms. The molecule has 31 heavy (non-hydrogen) atoms. The van der Waals surface area contributed by atoms with Gasteiger partial charge < -0.3 is 20.1 Å². The number of methoxy groups -OCH3 is 1. The maximum absolute atomic E-state index is 13.7. The van der Waals surface area contributed by atoms with Crippen LogP contribution in [0.3, 0.4) is 0 Å². The normalized spacial score (nSPS) is 11.7. The van der Waals surface area contributed by atoms with Gasteiger partial charge in [0.05, 0.1) is 13.2 Å². The number of alkyl halides is 3. The molecule has 0 amide bonds. The summed E-state index contributed by atoms with van der Waals surface area (Å²) in [5, 5.41) is 6.30. The average Bonchev–Trinajstić information content (AvgIpc) is 2.70. The first-order valence-corrected chi connectivity index (χ1v) is 9.24. The third kappa shape index (κ3) is 10.3. The second-order valence-corrected chi connectivity index (χ2v) is 6.56. The fourth-order valence-electron chi connectivity index (χ4n) is 2.63. The molecule has 0 radical (unpaired) electrons. The number of nitrogens with zero attached hydrogens (tertiary/aromatic N) is 1. The maximum atomic E-state index is 13.7. The fraction of sp³-hybridized carbons (Fsp3) is 0.381. The SMILES string of the molecule is CN=C(NCc1ccc(COCC(F)(F)F)cc1)NCc1ccc(F)c(COC)c1.I. The summed E-state index contributed by atoms with van der Waals surface area (Å²) in [7, 11) is 3.15. The molecule has 0 aliphatic heterocycles. The number of hydrogen-bond acceptors (Lipinski definition) is 3. The molecule has 0 fully saturated rings. The van der Waals surface area contributed by atoms with Crippen molar-refractivity contribution >= 4 is 29.9 Å². The van der Waals surface area contributed by atoms with Crippen LogP contribution in [0.5, 0.6) is 0 Å². The van der Waals surface area contributed by atoms with Gasteiger partial charge in [-0.3, -0.25) is 4.99 Å². The van der Waals surface area contributed by atoms with Crippen molar-refractivity contribution in [2.24, 2.45) is 4.99 Å². The number of rotatable bonds is 9. The largest absolute Gasteiger partial charge is 0.411 e. The van der Waals surface area contributed by atoms with Crippen molar-refractivity contribution in [3.63, 3.8) is 0 Å². The molecule has 2 aromatic rings. The number of halogens is 5. The molecule has 10 heteroatoms. The van der Waals surface area contributed by atoms with E-state index in [2.05, 4.69) is 20.4 Å². The summed E-state index contributed by atoms with van der Waals surface area (Å²) in [6.07, 6.45) is -4.33. The summed E-state index contributed by atoms with van der Waals surface area (Å²) in [4.78, 5) is 4.14. The van der Waals surface area contributed by atoms with Gasteiger partial charge in [0.25, 0.3) is 0 Å². The van der Waals surface area contributed by atoms with E-state index in [0.717, 1.165) is 11.1 Å². The monoisotopic (exact) mass is 555 g/mol. The van der Waals surface area contributed by atoms with Crippen molar-refractivity contribution in [2.45, 2.75) is 32.5 Å². The zero-order valence-corrected chi connectivity index (χ0v) is 19.6. The highest BCUT2D eigenvalue weighted by molar-refractivity contribution is 14.0. The van der Waals surface area contributed by atoms with E-state index in [1.165, 1.54) is 13.2 Å². The molecule has 0 atom stereocenters. The summed E-state index contributed by atoms with van der Waals surface area (Å²) in [5.41, 5.74) is 2.96. The number of hydrogen-bond donors (Lipinski definition) is 2. The molecule has 0 aliphatic rings. The van der Waals surface area contributed by atoms with Crippen LogP contribution in [0, 0.1) is 5.82 Å². The van der Waals surface area contributed by atoms with E-state index < -0.39 is 12.8 Å². The van der Waals surface area contributed by atoms with Gasteiger partial charge in [-0.1, -0.05) is 30.3 Å². The highest BCUT2D eigenvalue weighted by Gasteiger charge is 2.27. The van der Waals surface area contributed by atoms with E-state index in [4.69, 9.17) is 4.74 Å². The Morgan fingerprint density at radius 3 is 2.10 bits per heavy atom. The van der Waals surface area contributed by atoms with E-state index in [1.807, 2.05) is 12.1 Å². The van der Waals surface area contributed by atoms with Gasteiger partial charge in [0.1, 0.15) is 12.4 Å². The molecule has 5 nitrogen and oxygen atoms in total. The Kier molecular flexibility index (Phi) is 11.8. The molecule has 172 valence electrons. The predicted molar refractivity (Wildman–Crippen MR) is 122 cm³/mol. The molecule has 0 unspecified atom stereocenters. The van der Waals surface area contributed by atoms with Gasteiger partial charge >= 0.3 is 6.18 Å². The molecule has 0 aliphatic carbocycles. The van der Waals surface area contributed by atoms with Crippen molar-refractivity contribution in [1.82, 2.24) is 10.6 Å². The van der Waals surface area contributed by atoms with Crippen molar-refractivity contribution in [3.8, 4) is 0 Å². The Bertz CT molecular complexity index is 830. The minimum atomic E-state index is -4.33. The topological polar surface area (TPSA) is 54.9 Å². The van der Waals surface area contributed by atoms with Gasteiger partial charge in [0, 0.05) is 32.8 Å². The predicted octanol–water partition coefficient (Wildman–Crippen LogP) is 4.53. The first kappa shape index (κ1) is 27.1. The van der Waals surface area contributed by atoms with Crippen LogP contribution in [-0.2, 0) is 35.8 Å². The Hall–Kier alpha value is -1.92. The lowest BCUT2D eigenvalue weighted by Crippen LogP contribution is -2.36. The van der Waals surface area contributed by atoms with Crippen LogP contribution < -0.4 is 10.6 Å². The molecule has 0 saturated carbocycles. The summed E-state index contributed by atoms with van der Waals surface area (Å²) >= 11 is 0. The Morgan fingerprint density at radius 1 is 0.935 bits per heavy atom. The lowest BCUT2D eigenvalue weighted by atomic mass is 10.1. The molecule has 2 N–H and O–H groups in total. The van der Waals surface area contributed by atoms with Crippen LogP contribution in [0.2, 0.25) is 0 Å². The number of guanidine groups is 1. The van der Waals surface area contributed by atoms with Crippen molar-refractivity contribution in [1.29, 1.82) is 0 Å². The van der Waals surface area contributed by atoms with Crippen molar-refractivity contribution in [3.05, 3.63) is 70.5 Å².